The normalized spacial score (nSPS) is 21.9. The lowest BCUT2D eigenvalue weighted by atomic mass is 9.75. The standard InChI is InChI=1S/C12H23N3O2/c1-3-9(10(13)15-17)14-11(16)12(2)7-5-4-6-8-12/h9,17H,3-8H2,1-2H3,(H2,13,15)(H,14,16). The molecule has 0 spiro atoms. The summed E-state index contributed by atoms with van der Waals surface area (Å²) in [6, 6.07) is -0.369. The summed E-state index contributed by atoms with van der Waals surface area (Å²) in [7, 11) is 0. The van der Waals surface area contributed by atoms with Crippen molar-refractivity contribution < 1.29 is 10.0 Å². The van der Waals surface area contributed by atoms with Gasteiger partial charge < -0.3 is 16.3 Å². The van der Waals surface area contributed by atoms with Gasteiger partial charge in [-0.1, -0.05) is 38.3 Å². The van der Waals surface area contributed by atoms with Crippen molar-refractivity contribution in [3.8, 4) is 0 Å². The quantitative estimate of drug-likeness (QED) is 0.302. The maximum absolute atomic E-state index is 12.2. The predicted molar refractivity (Wildman–Crippen MR) is 66.8 cm³/mol. The Labute approximate surface area is 102 Å². The van der Waals surface area contributed by atoms with Gasteiger partial charge in [-0.3, -0.25) is 4.79 Å². The van der Waals surface area contributed by atoms with Gasteiger partial charge in [0.25, 0.3) is 0 Å². The molecule has 1 saturated carbocycles. The maximum Gasteiger partial charge on any atom is 0.226 e. The molecule has 1 rings (SSSR count). The molecule has 0 bridgehead atoms. The second kappa shape index (κ2) is 5.89. The molecule has 0 aromatic rings. The molecule has 0 saturated heterocycles. The lowest BCUT2D eigenvalue weighted by Gasteiger charge is -2.33. The number of hydrogen-bond acceptors (Lipinski definition) is 3. The molecule has 1 amide bonds. The first-order valence-corrected chi connectivity index (χ1v) is 6.32. The summed E-state index contributed by atoms with van der Waals surface area (Å²) in [6.45, 7) is 3.90. The fourth-order valence-electron chi connectivity index (χ4n) is 2.35. The molecule has 98 valence electrons. The van der Waals surface area contributed by atoms with Gasteiger partial charge in [0.2, 0.25) is 5.91 Å². The zero-order chi connectivity index (χ0) is 12.9. The van der Waals surface area contributed by atoms with E-state index < -0.39 is 0 Å². The van der Waals surface area contributed by atoms with E-state index in [0.29, 0.717) is 6.42 Å². The molecule has 4 N–H and O–H groups in total. The maximum atomic E-state index is 12.2. The van der Waals surface area contributed by atoms with E-state index in [4.69, 9.17) is 10.9 Å². The van der Waals surface area contributed by atoms with Crippen molar-refractivity contribution in [2.75, 3.05) is 0 Å². The third-order valence-electron chi connectivity index (χ3n) is 3.69. The highest BCUT2D eigenvalue weighted by Crippen LogP contribution is 2.35. The van der Waals surface area contributed by atoms with Crippen LogP contribution in [-0.4, -0.2) is 23.0 Å². The van der Waals surface area contributed by atoms with Gasteiger partial charge in [-0.15, -0.1) is 0 Å². The summed E-state index contributed by atoms with van der Waals surface area (Å²) in [5, 5.41) is 14.5. The van der Waals surface area contributed by atoms with Crippen LogP contribution in [0.2, 0.25) is 0 Å². The van der Waals surface area contributed by atoms with Gasteiger partial charge in [0, 0.05) is 5.41 Å². The molecule has 1 unspecified atom stereocenters. The van der Waals surface area contributed by atoms with E-state index in [1.54, 1.807) is 0 Å². The molecule has 5 heteroatoms. The van der Waals surface area contributed by atoms with Crippen molar-refractivity contribution in [3.05, 3.63) is 0 Å². The third kappa shape index (κ3) is 3.35. The predicted octanol–water partition coefficient (Wildman–Crippen LogP) is 1.60. The number of amides is 1. The highest BCUT2D eigenvalue weighted by atomic mass is 16.4. The van der Waals surface area contributed by atoms with Crippen molar-refractivity contribution in [1.82, 2.24) is 5.32 Å². The molecular weight excluding hydrogens is 218 g/mol. The Kier molecular flexibility index (Phi) is 4.78. The average molecular weight is 241 g/mol. The summed E-state index contributed by atoms with van der Waals surface area (Å²) < 4.78 is 0. The molecule has 0 aromatic carbocycles. The average Bonchev–Trinajstić information content (AvgIpc) is 2.35. The lowest BCUT2D eigenvalue weighted by molar-refractivity contribution is -0.132. The molecule has 1 aliphatic carbocycles. The van der Waals surface area contributed by atoms with Crippen LogP contribution >= 0.6 is 0 Å². The highest BCUT2D eigenvalue weighted by Gasteiger charge is 2.35. The molecule has 0 radical (unpaired) electrons. The van der Waals surface area contributed by atoms with Gasteiger partial charge in [-0.05, 0) is 19.3 Å². The van der Waals surface area contributed by atoms with Gasteiger partial charge in [-0.25, -0.2) is 0 Å². The molecule has 5 nitrogen and oxygen atoms in total. The van der Waals surface area contributed by atoms with Gasteiger partial charge in [0.05, 0.1) is 6.04 Å². The Morgan fingerprint density at radius 1 is 1.47 bits per heavy atom. The van der Waals surface area contributed by atoms with Crippen molar-refractivity contribution in [2.24, 2.45) is 16.3 Å². The Morgan fingerprint density at radius 3 is 2.53 bits per heavy atom. The molecule has 1 fully saturated rings. The molecule has 0 aliphatic heterocycles. The smallest absolute Gasteiger partial charge is 0.226 e. The molecule has 17 heavy (non-hydrogen) atoms. The van der Waals surface area contributed by atoms with Crippen molar-refractivity contribution >= 4 is 11.7 Å². The van der Waals surface area contributed by atoms with Gasteiger partial charge in [0.15, 0.2) is 5.84 Å². The Bertz CT molecular complexity index is 296. The van der Waals surface area contributed by atoms with Crippen LogP contribution in [0.25, 0.3) is 0 Å². The van der Waals surface area contributed by atoms with Gasteiger partial charge >= 0.3 is 0 Å². The van der Waals surface area contributed by atoms with Crippen LogP contribution in [0.5, 0.6) is 0 Å². The number of nitrogens with two attached hydrogens (primary N) is 1. The minimum Gasteiger partial charge on any atom is -0.409 e. The highest BCUT2D eigenvalue weighted by molar-refractivity contribution is 5.91. The number of amidine groups is 1. The Balaban J connectivity index is 2.63. The zero-order valence-corrected chi connectivity index (χ0v) is 10.7. The second-order valence-electron chi connectivity index (χ2n) is 5.08. The van der Waals surface area contributed by atoms with Crippen molar-refractivity contribution in [3.63, 3.8) is 0 Å². The fraction of sp³-hybridized carbons (Fsp3) is 0.833. The number of nitrogens with one attached hydrogen (secondary N) is 1. The minimum absolute atomic E-state index is 0.0238. The summed E-state index contributed by atoms with van der Waals surface area (Å²) in [5.41, 5.74) is 5.24. The zero-order valence-electron chi connectivity index (χ0n) is 10.7. The topological polar surface area (TPSA) is 87.7 Å². The van der Waals surface area contributed by atoms with Crippen LogP contribution in [0.3, 0.4) is 0 Å². The van der Waals surface area contributed by atoms with Crippen LogP contribution in [-0.2, 0) is 4.79 Å². The molecular formula is C12H23N3O2. The van der Waals surface area contributed by atoms with Crippen LogP contribution < -0.4 is 11.1 Å². The summed E-state index contributed by atoms with van der Waals surface area (Å²) in [5.74, 6) is 0.0934. The number of carbonyl (C=O) groups excluding carboxylic acids is 1. The van der Waals surface area contributed by atoms with Crippen LogP contribution in [0.15, 0.2) is 5.16 Å². The molecule has 1 aliphatic rings. The first kappa shape index (κ1) is 13.8. The lowest BCUT2D eigenvalue weighted by Crippen LogP contribution is -2.50. The van der Waals surface area contributed by atoms with Crippen LogP contribution in [0.4, 0.5) is 0 Å². The summed E-state index contributed by atoms with van der Waals surface area (Å²) >= 11 is 0. The number of hydrogen-bond donors (Lipinski definition) is 3. The number of nitrogens with zero attached hydrogens (tertiary/aromatic N) is 1. The van der Waals surface area contributed by atoms with E-state index in [0.717, 1.165) is 25.7 Å². The van der Waals surface area contributed by atoms with Gasteiger partial charge in [-0.2, -0.15) is 0 Å². The first-order valence-electron chi connectivity index (χ1n) is 6.32. The van der Waals surface area contributed by atoms with Crippen LogP contribution in [0.1, 0.15) is 52.4 Å². The van der Waals surface area contributed by atoms with E-state index in [1.165, 1.54) is 6.42 Å². The van der Waals surface area contributed by atoms with Gasteiger partial charge in [0.1, 0.15) is 0 Å². The first-order chi connectivity index (χ1) is 8.03. The Morgan fingerprint density at radius 2 is 2.06 bits per heavy atom. The molecule has 0 aromatic heterocycles. The fourth-order valence-corrected chi connectivity index (χ4v) is 2.35. The summed E-state index contributed by atoms with van der Waals surface area (Å²) in [6.07, 6.45) is 5.88. The second-order valence-corrected chi connectivity index (χ2v) is 5.08. The summed E-state index contributed by atoms with van der Waals surface area (Å²) in [4.78, 5) is 12.2. The number of oxime groups is 1. The minimum atomic E-state index is -0.369. The van der Waals surface area contributed by atoms with E-state index in [9.17, 15) is 4.79 Å². The number of carbonyl (C=O) groups is 1. The van der Waals surface area contributed by atoms with Crippen LogP contribution in [0, 0.1) is 5.41 Å². The number of rotatable bonds is 4. The van der Waals surface area contributed by atoms with E-state index in [1.807, 2.05) is 13.8 Å². The monoisotopic (exact) mass is 241 g/mol. The third-order valence-corrected chi connectivity index (χ3v) is 3.69. The molecule has 1 atom stereocenters. The Hall–Kier alpha value is -1.26. The largest absolute Gasteiger partial charge is 0.409 e. The molecule has 0 heterocycles. The van der Waals surface area contributed by atoms with E-state index in [2.05, 4.69) is 10.5 Å². The van der Waals surface area contributed by atoms with E-state index >= 15 is 0 Å². The van der Waals surface area contributed by atoms with E-state index in [-0.39, 0.29) is 23.2 Å². The van der Waals surface area contributed by atoms with Crippen molar-refractivity contribution in [1.29, 1.82) is 0 Å². The van der Waals surface area contributed by atoms with Crippen molar-refractivity contribution in [2.45, 2.75) is 58.4 Å². The SMILES string of the molecule is CCC(NC(=O)C1(C)CCCCC1)C(N)=NO.